The normalized spacial score (nSPS) is 23.7. The zero-order valence-electron chi connectivity index (χ0n) is 24.0. The van der Waals surface area contributed by atoms with E-state index in [9.17, 15) is 4.79 Å². The maximum absolute atomic E-state index is 15.4. The molecule has 2 fully saturated rings. The van der Waals surface area contributed by atoms with Crippen molar-refractivity contribution in [3.63, 3.8) is 0 Å². The van der Waals surface area contributed by atoms with Crippen molar-refractivity contribution in [2.24, 2.45) is 11.7 Å². The van der Waals surface area contributed by atoms with Crippen LogP contribution in [0.2, 0.25) is 0 Å². The molecule has 4 heterocycles. The molecule has 2 aliphatic rings. The van der Waals surface area contributed by atoms with Crippen LogP contribution in [0.1, 0.15) is 56.6 Å². The smallest absolute Gasteiger partial charge is 0.229 e. The number of nitrogens with two attached hydrogens (primary N) is 1. The highest BCUT2D eigenvalue weighted by Crippen LogP contribution is 2.40. The second-order valence-electron chi connectivity index (χ2n) is 11.7. The van der Waals surface area contributed by atoms with Crippen LogP contribution in [-0.2, 0) is 15.2 Å². The topological polar surface area (TPSA) is 119 Å². The number of imidazole rings is 1. The van der Waals surface area contributed by atoms with E-state index in [0.29, 0.717) is 23.6 Å². The van der Waals surface area contributed by atoms with Gasteiger partial charge in [-0.25, -0.2) is 18.2 Å². The molecule has 4 aromatic rings. The number of ether oxygens (including phenoxy) is 1. The monoisotopic (exact) mass is 593 g/mol. The summed E-state index contributed by atoms with van der Waals surface area (Å²) in [5.74, 6) is -1.30. The van der Waals surface area contributed by atoms with Gasteiger partial charge < -0.3 is 21.1 Å². The first-order valence-electron chi connectivity index (χ1n) is 14.5. The third-order valence-electron chi connectivity index (χ3n) is 8.68. The molecule has 4 N–H and O–H groups in total. The molecule has 226 valence electrons. The van der Waals surface area contributed by atoms with E-state index in [2.05, 4.69) is 32.6 Å². The van der Waals surface area contributed by atoms with Crippen LogP contribution in [0.25, 0.3) is 16.8 Å². The number of pyridine rings is 1. The Balaban J connectivity index is 1.29. The quantitative estimate of drug-likeness (QED) is 0.284. The van der Waals surface area contributed by atoms with Crippen molar-refractivity contribution >= 4 is 23.1 Å². The van der Waals surface area contributed by atoms with Crippen molar-refractivity contribution in [3.8, 4) is 11.3 Å². The molecule has 6 rings (SSSR count). The van der Waals surface area contributed by atoms with E-state index < -0.39 is 17.3 Å². The van der Waals surface area contributed by atoms with Gasteiger partial charge in [-0.2, -0.15) is 9.61 Å². The largest absolute Gasteiger partial charge is 0.381 e. The lowest BCUT2D eigenvalue weighted by atomic mass is 9.73. The van der Waals surface area contributed by atoms with E-state index in [1.54, 1.807) is 24.7 Å². The van der Waals surface area contributed by atoms with Crippen molar-refractivity contribution in [1.29, 1.82) is 0 Å². The number of benzene rings is 1. The lowest BCUT2D eigenvalue weighted by Gasteiger charge is -2.39. The average molecular weight is 594 g/mol. The Kier molecular flexibility index (Phi) is 7.82. The molecule has 4 atom stereocenters. The highest BCUT2D eigenvalue weighted by atomic mass is 19.1. The number of anilines is 2. The van der Waals surface area contributed by atoms with Gasteiger partial charge in [0.25, 0.3) is 0 Å². The SMILES string of the molecule is CC(=O)N[C@@H]1[C@H](N)C[C@H](c2ccncc2Nc2ncc3ccc(-c4c(F)cc(C5(F)CCOCC5)cc4F)nn23)C[C@@H]1C. The van der Waals surface area contributed by atoms with Crippen LogP contribution in [0.3, 0.4) is 0 Å². The Morgan fingerprint density at radius 1 is 1.12 bits per heavy atom. The van der Waals surface area contributed by atoms with Gasteiger partial charge in [0.15, 0.2) is 0 Å². The van der Waals surface area contributed by atoms with E-state index in [4.69, 9.17) is 10.5 Å². The molecular weight excluding hydrogens is 559 g/mol. The number of hydrogen-bond acceptors (Lipinski definition) is 7. The van der Waals surface area contributed by atoms with Crippen molar-refractivity contribution in [2.45, 2.75) is 63.2 Å². The fourth-order valence-corrected chi connectivity index (χ4v) is 6.47. The molecule has 0 bridgehead atoms. The number of halogens is 3. The van der Waals surface area contributed by atoms with E-state index in [1.807, 2.05) is 6.07 Å². The minimum Gasteiger partial charge on any atom is -0.381 e. The highest BCUT2D eigenvalue weighted by molar-refractivity contribution is 5.73. The fourth-order valence-electron chi connectivity index (χ4n) is 6.47. The summed E-state index contributed by atoms with van der Waals surface area (Å²) in [7, 11) is 0. The van der Waals surface area contributed by atoms with Crippen LogP contribution in [0.4, 0.5) is 24.8 Å². The van der Waals surface area contributed by atoms with Gasteiger partial charge >= 0.3 is 0 Å². The number of aromatic nitrogens is 4. The van der Waals surface area contributed by atoms with Crippen LogP contribution in [0, 0.1) is 17.6 Å². The molecule has 0 unspecified atom stereocenters. The number of nitrogens with zero attached hydrogens (tertiary/aromatic N) is 4. The van der Waals surface area contributed by atoms with Crippen LogP contribution < -0.4 is 16.4 Å². The predicted molar refractivity (Wildman–Crippen MR) is 155 cm³/mol. The van der Waals surface area contributed by atoms with Gasteiger partial charge in [0, 0.05) is 51.3 Å². The van der Waals surface area contributed by atoms with Crippen molar-refractivity contribution in [3.05, 3.63) is 71.7 Å². The lowest BCUT2D eigenvalue weighted by molar-refractivity contribution is -0.120. The second kappa shape index (κ2) is 11.6. The third-order valence-corrected chi connectivity index (χ3v) is 8.68. The number of fused-ring (bicyclic) bond motifs is 1. The summed E-state index contributed by atoms with van der Waals surface area (Å²) in [6, 6.07) is 6.89. The first-order chi connectivity index (χ1) is 20.6. The molecule has 1 saturated heterocycles. The molecule has 1 aliphatic carbocycles. The van der Waals surface area contributed by atoms with Crippen molar-refractivity contribution in [2.75, 3.05) is 18.5 Å². The first kappa shape index (κ1) is 29.1. The van der Waals surface area contributed by atoms with Crippen LogP contribution in [0.15, 0.2) is 48.9 Å². The Hall–Kier alpha value is -4.03. The maximum Gasteiger partial charge on any atom is 0.229 e. The number of carbonyl (C=O) groups excluding carboxylic acids is 1. The molecule has 0 spiro atoms. The molecule has 1 aromatic carbocycles. The van der Waals surface area contributed by atoms with Crippen LogP contribution in [-0.4, -0.2) is 50.8 Å². The van der Waals surface area contributed by atoms with Crippen molar-refractivity contribution < 1.29 is 22.7 Å². The van der Waals surface area contributed by atoms with Gasteiger partial charge in [-0.05, 0) is 66.1 Å². The lowest BCUT2D eigenvalue weighted by Crippen LogP contribution is -2.54. The highest BCUT2D eigenvalue weighted by Gasteiger charge is 2.37. The standard InChI is InChI=1S/C31H34F3N7O2/c1-17-11-19(12-25(35)29(17)38-18(2)42)22-5-8-36-16-27(22)39-30-37-15-21-3-4-26(40-41(21)30)28-23(32)13-20(14-24(28)33)31(34)6-9-43-10-7-31/h3-5,8,13-17,19,25,29H,6-7,9-12,35H2,1-2H3,(H,37,39)(H,38,42)/t17-,19+,25+,29-/m0/s1. The fraction of sp³-hybridized carbons (Fsp3) is 0.419. The van der Waals surface area contributed by atoms with Gasteiger partial charge in [0.05, 0.1) is 34.9 Å². The molecule has 3 aromatic heterocycles. The summed E-state index contributed by atoms with van der Waals surface area (Å²) < 4.78 is 52.8. The average Bonchev–Trinajstić information content (AvgIpc) is 3.37. The van der Waals surface area contributed by atoms with E-state index in [-0.39, 0.29) is 72.7 Å². The third kappa shape index (κ3) is 5.68. The van der Waals surface area contributed by atoms with Gasteiger partial charge in [-0.3, -0.25) is 9.78 Å². The molecule has 1 saturated carbocycles. The summed E-state index contributed by atoms with van der Waals surface area (Å²) in [6.45, 7) is 3.96. The minimum atomic E-state index is -1.84. The Morgan fingerprint density at radius 3 is 2.56 bits per heavy atom. The van der Waals surface area contributed by atoms with E-state index in [0.717, 1.165) is 24.1 Å². The number of carbonyl (C=O) groups is 1. The zero-order valence-corrected chi connectivity index (χ0v) is 24.0. The predicted octanol–water partition coefficient (Wildman–Crippen LogP) is 5.13. The summed E-state index contributed by atoms with van der Waals surface area (Å²) in [5, 5.41) is 10.8. The molecule has 0 radical (unpaired) electrons. The Morgan fingerprint density at radius 2 is 1.86 bits per heavy atom. The summed E-state index contributed by atoms with van der Waals surface area (Å²) in [5.41, 5.74) is 6.61. The summed E-state index contributed by atoms with van der Waals surface area (Å²) in [4.78, 5) is 20.4. The van der Waals surface area contributed by atoms with Crippen molar-refractivity contribution in [1.82, 2.24) is 24.9 Å². The zero-order chi connectivity index (χ0) is 30.3. The molecular formula is C31H34F3N7O2. The number of alkyl halides is 1. The number of hydrogen-bond donors (Lipinski definition) is 3. The van der Waals surface area contributed by atoms with Gasteiger partial charge in [-0.15, -0.1) is 0 Å². The second-order valence-corrected chi connectivity index (χ2v) is 11.7. The Labute approximate surface area is 247 Å². The first-order valence-corrected chi connectivity index (χ1v) is 14.5. The minimum absolute atomic E-state index is 0.0372. The maximum atomic E-state index is 15.4. The van der Waals surface area contributed by atoms with Gasteiger partial charge in [-0.1, -0.05) is 6.92 Å². The number of rotatable bonds is 6. The molecule has 1 amide bonds. The molecule has 1 aliphatic heterocycles. The summed E-state index contributed by atoms with van der Waals surface area (Å²) >= 11 is 0. The van der Waals surface area contributed by atoms with E-state index in [1.165, 1.54) is 17.5 Å². The van der Waals surface area contributed by atoms with Gasteiger partial charge in [0.2, 0.25) is 11.9 Å². The van der Waals surface area contributed by atoms with E-state index >= 15 is 13.2 Å². The molecule has 9 nitrogen and oxygen atoms in total. The number of nitrogens with one attached hydrogen (secondary N) is 2. The molecule has 12 heteroatoms. The Bertz CT molecular complexity index is 1620. The van der Waals surface area contributed by atoms with Crippen LogP contribution in [0.5, 0.6) is 0 Å². The van der Waals surface area contributed by atoms with Gasteiger partial charge in [0.1, 0.15) is 17.3 Å². The summed E-state index contributed by atoms with van der Waals surface area (Å²) in [6.07, 6.45) is 6.56. The molecule has 43 heavy (non-hydrogen) atoms. The number of amides is 1. The van der Waals surface area contributed by atoms with Crippen LogP contribution >= 0.6 is 0 Å².